The molecule has 0 saturated heterocycles. The van der Waals surface area contributed by atoms with Crippen LogP contribution in [0.15, 0.2) is 0 Å². The highest BCUT2D eigenvalue weighted by Crippen LogP contribution is 2.41. The predicted molar refractivity (Wildman–Crippen MR) is 63.4 cm³/mol. The first-order valence-electron chi connectivity index (χ1n) is 6.47. The van der Waals surface area contributed by atoms with E-state index in [0.717, 1.165) is 25.8 Å². The molecule has 2 fully saturated rings. The summed E-state index contributed by atoms with van der Waals surface area (Å²) in [7, 11) is 2.08. The maximum absolute atomic E-state index is 11.6. The Kier molecular flexibility index (Phi) is 3.24. The number of carboxylic acids is 1. The Morgan fingerprint density at radius 3 is 2.62 bits per heavy atom. The first kappa shape index (κ1) is 11.9. The van der Waals surface area contributed by atoms with Gasteiger partial charge in [0.05, 0.1) is 5.41 Å². The quantitative estimate of drug-likeness (QED) is 0.798. The number of hydrogen-bond donors (Lipinski definition) is 1. The third-order valence-corrected chi connectivity index (χ3v) is 4.27. The van der Waals surface area contributed by atoms with Crippen molar-refractivity contribution in [2.45, 2.75) is 51.5 Å². The summed E-state index contributed by atoms with van der Waals surface area (Å²) in [6, 6.07) is 0.661. The zero-order valence-electron chi connectivity index (χ0n) is 10.4. The van der Waals surface area contributed by atoms with Crippen LogP contribution < -0.4 is 0 Å². The monoisotopic (exact) mass is 225 g/mol. The SMILES string of the molecule is CC1CCCC(CN(C)C2CC2)(C(=O)O)C1. The van der Waals surface area contributed by atoms with E-state index in [1.165, 1.54) is 19.3 Å². The lowest BCUT2D eigenvalue weighted by atomic mass is 9.69. The van der Waals surface area contributed by atoms with Crippen LogP contribution in [0.2, 0.25) is 0 Å². The van der Waals surface area contributed by atoms with Gasteiger partial charge in [-0.05, 0) is 38.6 Å². The van der Waals surface area contributed by atoms with E-state index in [9.17, 15) is 9.90 Å². The highest BCUT2D eigenvalue weighted by molar-refractivity contribution is 5.75. The third-order valence-electron chi connectivity index (χ3n) is 4.27. The van der Waals surface area contributed by atoms with Crippen LogP contribution in [0.3, 0.4) is 0 Å². The topological polar surface area (TPSA) is 40.5 Å². The Balaban J connectivity index is 2.04. The molecule has 0 heterocycles. The second-order valence-corrected chi connectivity index (χ2v) is 5.93. The Morgan fingerprint density at radius 1 is 1.44 bits per heavy atom. The summed E-state index contributed by atoms with van der Waals surface area (Å²) in [5.41, 5.74) is -0.463. The van der Waals surface area contributed by atoms with E-state index >= 15 is 0 Å². The van der Waals surface area contributed by atoms with Crippen LogP contribution in [0, 0.1) is 11.3 Å². The molecule has 16 heavy (non-hydrogen) atoms. The van der Waals surface area contributed by atoms with Crippen molar-refractivity contribution in [2.75, 3.05) is 13.6 Å². The number of carbonyl (C=O) groups is 1. The van der Waals surface area contributed by atoms with E-state index < -0.39 is 11.4 Å². The van der Waals surface area contributed by atoms with Gasteiger partial charge in [-0.1, -0.05) is 19.8 Å². The second-order valence-electron chi connectivity index (χ2n) is 5.93. The van der Waals surface area contributed by atoms with Gasteiger partial charge in [0, 0.05) is 12.6 Å². The molecule has 0 radical (unpaired) electrons. The van der Waals surface area contributed by atoms with Crippen LogP contribution in [0.5, 0.6) is 0 Å². The largest absolute Gasteiger partial charge is 0.481 e. The van der Waals surface area contributed by atoms with Gasteiger partial charge < -0.3 is 10.0 Å². The summed E-state index contributed by atoms with van der Waals surface area (Å²) >= 11 is 0. The molecular formula is C13H23NO2. The van der Waals surface area contributed by atoms with Crippen LogP contribution in [0.4, 0.5) is 0 Å². The fraction of sp³-hybridized carbons (Fsp3) is 0.923. The van der Waals surface area contributed by atoms with Crippen molar-refractivity contribution in [3.8, 4) is 0 Å². The zero-order chi connectivity index (χ0) is 11.8. The van der Waals surface area contributed by atoms with Crippen molar-refractivity contribution in [2.24, 2.45) is 11.3 Å². The van der Waals surface area contributed by atoms with Gasteiger partial charge in [0.25, 0.3) is 0 Å². The van der Waals surface area contributed by atoms with Gasteiger partial charge >= 0.3 is 5.97 Å². The molecule has 0 aliphatic heterocycles. The Bertz CT molecular complexity index is 275. The van der Waals surface area contributed by atoms with Crippen molar-refractivity contribution in [3.05, 3.63) is 0 Å². The Morgan fingerprint density at radius 2 is 2.12 bits per heavy atom. The molecule has 2 atom stereocenters. The maximum Gasteiger partial charge on any atom is 0.310 e. The molecule has 0 bridgehead atoms. The van der Waals surface area contributed by atoms with Crippen molar-refractivity contribution < 1.29 is 9.90 Å². The van der Waals surface area contributed by atoms with Crippen LogP contribution in [-0.4, -0.2) is 35.6 Å². The fourth-order valence-corrected chi connectivity index (χ4v) is 3.19. The summed E-state index contributed by atoms with van der Waals surface area (Å²) in [5, 5.41) is 9.53. The first-order valence-corrected chi connectivity index (χ1v) is 6.47. The van der Waals surface area contributed by atoms with Gasteiger partial charge in [-0.25, -0.2) is 0 Å². The average Bonchev–Trinajstić information content (AvgIpc) is 3.00. The van der Waals surface area contributed by atoms with Crippen molar-refractivity contribution in [3.63, 3.8) is 0 Å². The molecule has 2 unspecified atom stereocenters. The molecule has 2 aliphatic carbocycles. The number of rotatable bonds is 4. The molecule has 0 aromatic heterocycles. The Hall–Kier alpha value is -0.570. The molecule has 0 aromatic carbocycles. The highest BCUT2D eigenvalue weighted by atomic mass is 16.4. The lowest BCUT2D eigenvalue weighted by Crippen LogP contribution is -2.45. The normalized spacial score (nSPS) is 35.3. The molecule has 2 rings (SSSR count). The summed E-state index contributed by atoms with van der Waals surface area (Å²) in [6.07, 6.45) is 6.50. The third kappa shape index (κ3) is 2.40. The molecule has 92 valence electrons. The first-order chi connectivity index (χ1) is 7.53. The smallest absolute Gasteiger partial charge is 0.310 e. The van der Waals surface area contributed by atoms with Gasteiger partial charge in [-0.3, -0.25) is 4.79 Å². The van der Waals surface area contributed by atoms with Crippen LogP contribution >= 0.6 is 0 Å². The molecule has 0 aromatic rings. The molecule has 3 heteroatoms. The van der Waals surface area contributed by atoms with E-state index in [2.05, 4.69) is 18.9 Å². The van der Waals surface area contributed by atoms with E-state index in [4.69, 9.17) is 0 Å². The molecule has 2 saturated carbocycles. The van der Waals surface area contributed by atoms with Crippen molar-refractivity contribution >= 4 is 5.97 Å². The molecule has 0 spiro atoms. The number of aliphatic carboxylic acids is 1. The van der Waals surface area contributed by atoms with E-state index in [-0.39, 0.29) is 0 Å². The summed E-state index contributed by atoms with van der Waals surface area (Å²) in [5.74, 6) is -0.0102. The van der Waals surface area contributed by atoms with Gasteiger partial charge in [0.1, 0.15) is 0 Å². The molecule has 2 aliphatic rings. The lowest BCUT2D eigenvalue weighted by Gasteiger charge is -2.39. The van der Waals surface area contributed by atoms with E-state index in [1.807, 2.05) is 0 Å². The summed E-state index contributed by atoms with van der Waals surface area (Å²) in [4.78, 5) is 13.8. The van der Waals surface area contributed by atoms with Crippen LogP contribution in [0.25, 0.3) is 0 Å². The van der Waals surface area contributed by atoms with Crippen molar-refractivity contribution in [1.29, 1.82) is 0 Å². The summed E-state index contributed by atoms with van der Waals surface area (Å²) in [6.45, 7) is 2.94. The second kappa shape index (κ2) is 4.36. The van der Waals surface area contributed by atoms with Gasteiger partial charge in [-0.2, -0.15) is 0 Å². The molecular weight excluding hydrogens is 202 g/mol. The maximum atomic E-state index is 11.6. The lowest BCUT2D eigenvalue weighted by molar-refractivity contribution is -0.153. The van der Waals surface area contributed by atoms with Gasteiger partial charge in [0.2, 0.25) is 0 Å². The minimum atomic E-state index is -0.577. The van der Waals surface area contributed by atoms with E-state index in [0.29, 0.717) is 12.0 Å². The van der Waals surface area contributed by atoms with Crippen molar-refractivity contribution in [1.82, 2.24) is 4.90 Å². The Labute approximate surface area is 97.8 Å². The van der Waals surface area contributed by atoms with Crippen LogP contribution in [0.1, 0.15) is 45.4 Å². The van der Waals surface area contributed by atoms with Gasteiger partial charge in [0.15, 0.2) is 0 Å². The standard InChI is InChI=1S/C13H23NO2/c1-10-4-3-7-13(8-10,12(15)16)9-14(2)11-5-6-11/h10-11H,3-9H2,1-2H3,(H,15,16). The zero-order valence-corrected chi connectivity index (χ0v) is 10.4. The van der Waals surface area contributed by atoms with Gasteiger partial charge in [-0.15, -0.1) is 0 Å². The average molecular weight is 225 g/mol. The molecule has 1 N–H and O–H groups in total. The molecule has 3 nitrogen and oxygen atoms in total. The number of nitrogens with zero attached hydrogens (tertiary/aromatic N) is 1. The minimum Gasteiger partial charge on any atom is -0.481 e. The molecule has 0 amide bonds. The predicted octanol–water partition coefficient (Wildman–Crippen LogP) is 2.36. The fourth-order valence-electron chi connectivity index (χ4n) is 3.19. The van der Waals surface area contributed by atoms with Crippen LogP contribution in [-0.2, 0) is 4.79 Å². The highest BCUT2D eigenvalue weighted by Gasteiger charge is 2.44. The number of hydrogen-bond acceptors (Lipinski definition) is 2. The summed E-state index contributed by atoms with van der Waals surface area (Å²) < 4.78 is 0. The number of carboxylic acid groups (broad SMARTS) is 1. The van der Waals surface area contributed by atoms with E-state index in [1.54, 1.807) is 0 Å². The minimum absolute atomic E-state index is 0.463.